The van der Waals surface area contributed by atoms with Gasteiger partial charge in [-0.15, -0.1) is 0 Å². The first-order valence-electron chi connectivity index (χ1n) is 7.47. The van der Waals surface area contributed by atoms with E-state index >= 15 is 0 Å². The first-order valence-corrected chi connectivity index (χ1v) is 8.29. The van der Waals surface area contributed by atoms with E-state index < -0.39 is 4.92 Å². The van der Waals surface area contributed by atoms with E-state index in [0.717, 1.165) is 15.8 Å². The zero-order valence-corrected chi connectivity index (χ0v) is 13.8. The predicted octanol–water partition coefficient (Wildman–Crippen LogP) is 3.80. The molecule has 0 saturated heterocycles. The van der Waals surface area contributed by atoms with Crippen LogP contribution in [0.3, 0.4) is 0 Å². The van der Waals surface area contributed by atoms with Gasteiger partial charge in [-0.1, -0.05) is 35.6 Å². The van der Waals surface area contributed by atoms with Crippen molar-refractivity contribution < 1.29 is 9.72 Å². The summed E-state index contributed by atoms with van der Waals surface area (Å²) in [6, 6.07) is 13.8. The van der Waals surface area contributed by atoms with E-state index in [1.54, 1.807) is 17.0 Å². The summed E-state index contributed by atoms with van der Waals surface area (Å²) in [5.41, 5.74) is 1.63. The standard InChI is InChI=1S/C17H15N3O3S/c1-2-19(17-18-14-5-3-4-6-15(14)24-17)16(21)11-12-7-9-13(10-8-12)20(22)23/h3-10H,2,11H2,1H3. The number of anilines is 1. The average molecular weight is 341 g/mol. The van der Waals surface area contributed by atoms with Crippen LogP contribution >= 0.6 is 11.3 Å². The van der Waals surface area contributed by atoms with Gasteiger partial charge in [0.2, 0.25) is 5.91 Å². The van der Waals surface area contributed by atoms with Gasteiger partial charge in [-0.3, -0.25) is 19.8 Å². The number of hydrogen-bond donors (Lipinski definition) is 0. The first-order chi connectivity index (χ1) is 11.6. The molecule has 0 unspecified atom stereocenters. The molecule has 1 heterocycles. The quantitative estimate of drug-likeness (QED) is 0.522. The molecule has 1 amide bonds. The Bertz CT molecular complexity index is 856. The number of nitro benzene ring substituents is 1. The molecule has 0 bridgehead atoms. The monoisotopic (exact) mass is 341 g/mol. The largest absolute Gasteiger partial charge is 0.288 e. The number of amides is 1. The molecule has 0 aliphatic heterocycles. The zero-order valence-electron chi connectivity index (χ0n) is 13.0. The van der Waals surface area contributed by atoms with Crippen molar-refractivity contribution in [3.05, 3.63) is 64.2 Å². The number of thiazole rings is 1. The summed E-state index contributed by atoms with van der Waals surface area (Å²) in [5.74, 6) is -0.0783. The van der Waals surface area contributed by atoms with Gasteiger partial charge >= 0.3 is 0 Å². The second-order valence-corrected chi connectivity index (χ2v) is 6.21. The Balaban J connectivity index is 1.79. The van der Waals surface area contributed by atoms with Crippen molar-refractivity contribution in [2.24, 2.45) is 0 Å². The Kier molecular flexibility index (Phi) is 4.52. The summed E-state index contributed by atoms with van der Waals surface area (Å²) in [6.07, 6.45) is 0.182. The molecule has 7 heteroatoms. The van der Waals surface area contributed by atoms with Crippen molar-refractivity contribution in [1.82, 2.24) is 4.98 Å². The molecule has 0 saturated carbocycles. The minimum atomic E-state index is -0.453. The van der Waals surface area contributed by atoms with Crippen LogP contribution < -0.4 is 4.90 Å². The van der Waals surface area contributed by atoms with Gasteiger partial charge < -0.3 is 0 Å². The van der Waals surface area contributed by atoms with Gasteiger partial charge in [-0.05, 0) is 24.6 Å². The summed E-state index contributed by atoms with van der Waals surface area (Å²) >= 11 is 1.48. The molecule has 0 atom stereocenters. The highest BCUT2D eigenvalue weighted by Crippen LogP contribution is 2.29. The molecule has 6 nitrogen and oxygen atoms in total. The van der Waals surface area contributed by atoms with Crippen molar-refractivity contribution in [3.8, 4) is 0 Å². The maximum atomic E-state index is 12.6. The molecule has 3 aromatic rings. The zero-order chi connectivity index (χ0) is 17.1. The lowest BCUT2D eigenvalue weighted by Gasteiger charge is -2.17. The van der Waals surface area contributed by atoms with Crippen LogP contribution in [0.4, 0.5) is 10.8 Å². The number of benzene rings is 2. The molecule has 1 aromatic heterocycles. The van der Waals surface area contributed by atoms with Gasteiger partial charge in [0.1, 0.15) is 0 Å². The lowest BCUT2D eigenvalue weighted by atomic mass is 10.1. The normalized spacial score (nSPS) is 10.7. The Hall–Kier alpha value is -2.80. The number of nitrogens with zero attached hydrogens (tertiary/aromatic N) is 3. The number of carbonyl (C=O) groups excluding carboxylic acids is 1. The molecular formula is C17H15N3O3S. The second-order valence-electron chi connectivity index (χ2n) is 5.20. The summed E-state index contributed by atoms with van der Waals surface area (Å²) < 4.78 is 1.04. The number of aromatic nitrogens is 1. The first kappa shape index (κ1) is 16.1. The van der Waals surface area contributed by atoms with Crippen molar-refractivity contribution in [3.63, 3.8) is 0 Å². The number of rotatable bonds is 5. The SMILES string of the molecule is CCN(C(=O)Cc1ccc([N+](=O)[O-])cc1)c1nc2ccccc2s1. The molecule has 0 aliphatic rings. The van der Waals surface area contributed by atoms with Crippen molar-refractivity contribution in [2.75, 3.05) is 11.4 Å². The summed E-state index contributed by atoms with van der Waals surface area (Å²) in [4.78, 5) is 29.0. The Labute approximate surface area is 142 Å². The molecule has 122 valence electrons. The number of non-ortho nitro benzene ring substituents is 1. The average Bonchev–Trinajstić information content (AvgIpc) is 2.99. The molecular weight excluding hydrogens is 326 g/mol. The minimum Gasteiger partial charge on any atom is -0.288 e. The van der Waals surface area contributed by atoms with E-state index in [-0.39, 0.29) is 18.0 Å². The Morgan fingerprint density at radius 2 is 1.92 bits per heavy atom. The van der Waals surface area contributed by atoms with Gasteiger partial charge in [-0.25, -0.2) is 4.98 Å². The topological polar surface area (TPSA) is 76.3 Å². The third-order valence-corrected chi connectivity index (χ3v) is 4.69. The van der Waals surface area contributed by atoms with Crippen LogP contribution in [-0.2, 0) is 11.2 Å². The molecule has 0 aliphatic carbocycles. The summed E-state index contributed by atoms with van der Waals surface area (Å²) in [6.45, 7) is 2.42. The third kappa shape index (κ3) is 3.26. The fourth-order valence-corrected chi connectivity index (χ4v) is 3.45. The number of likely N-dealkylation sites (N-methyl/N-ethyl adjacent to an activating group) is 1. The molecule has 2 aromatic carbocycles. The predicted molar refractivity (Wildman–Crippen MR) is 94.4 cm³/mol. The smallest absolute Gasteiger partial charge is 0.269 e. The number of fused-ring (bicyclic) bond motifs is 1. The van der Waals surface area contributed by atoms with Gasteiger partial charge in [0.15, 0.2) is 5.13 Å². The highest BCUT2D eigenvalue weighted by atomic mass is 32.1. The molecule has 0 radical (unpaired) electrons. The van der Waals surface area contributed by atoms with Crippen LogP contribution in [0.5, 0.6) is 0 Å². The lowest BCUT2D eigenvalue weighted by Crippen LogP contribution is -2.31. The Morgan fingerprint density at radius 3 is 2.54 bits per heavy atom. The van der Waals surface area contributed by atoms with E-state index in [9.17, 15) is 14.9 Å². The minimum absolute atomic E-state index is 0.0183. The van der Waals surface area contributed by atoms with E-state index in [1.807, 2.05) is 31.2 Å². The number of carbonyl (C=O) groups is 1. The van der Waals surface area contributed by atoms with Gasteiger partial charge in [-0.2, -0.15) is 0 Å². The molecule has 0 fully saturated rings. The van der Waals surface area contributed by atoms with Crippen LogP contribution in [0.2, 0.25) is 0 Å². The van der Waals surface area contributed by atoms with Crippen molar-refractivity contribution >= 4 is 38.3 Å². The maximum Gasteiger partial charge on any atom is 0.269 e. The fourth-order valence-electron chi connectivity index (χ4n) is 2.40. The molecule has 0 N–H and O–H groups in total. The summed E-state index contributed by atoms with van der Waals surface area (Å²) in [7, 11) is 0. The van der Waals surface area contributed by atoms with E-state index in [4.69, 9.17) is 0 Å². The second kappa shape index (κ2) is 6.76. The summed E-state index contributed by atoms with van der Waals surface area (Å²) in [5, 5.41) is 11.4. The number of para-hydroxylation sites is 1. The van der Waals surface area contributed by atoms with E-state index in [0.29, 0.717) is 11.7 Å². The third-order valence-electron chi connectivity index (χ3n) is 3.63. The van der Waals surface area contributed by atoms with Crippen LogP contribution in [-0.4, -0.2) is 22.4 Å². The van der Waals surface area contributed by atoms with Gasteiger partial charge in [0.25, 0.3) is 5.69 Å². The van der Waals surface area contributed by atoms with Gasteiger partial charge in [0.05, 0.1) is 21.6 Å². The fraction of sp³-hybridized carbons (Fsp3) is 0.176. The number of nitro groups is 1. The Morgan fingerprint density at radius 1 is 1.21 bits per heavy atom. The van der Waals surface area contributed by atoms with Crippen molar-refractivity contribution in [1.29, 1.82) is 0 Å². The van der Waals surface area contributed by atoms with Crippen LogP contribution in [0.25, 0.3) is 10.2 Å². The van der Waals surface area contributed by atoms with Crippen LogP contribution in [0.1, 0.15) is 12.5 Å². The van der Waals surface area contributed by atoms with Gasteiger partial charge in [0, 0.05) is 18.7 Å². The molecule has 3 rings (SSSR count). The van der Waals surface area contributed by atoms with Crippen LogP contribution in [0, 0.1) is 10.1 Å². The van der Waals surface area contributed by atoms with Crippen molar-refractivity contribution in [2.45, 2.75) is 13.3 Å². The molecule has 24 heavy (non-hydrogen) atoms. The highest BCUT2D eigenvalue weighted by Gasteiger charge is 2.18. The van der Waals surface area contributed by atoms with E-state index in [1.165, 1.54) is 23.5 Å². The maximum absolute atomic E-state index is 12.6. The van der Waals surface area contributed by atoms with Crippen LogP contribution in [0.15, 0.2) is 48.5 Å². The highest BCUT2D eigenvalue weighted by molar-refractivity contribution is 7.22. The number of hydrogen-bond acceptors (Lipinski definition) is 5. The lowest BCUT2D eigenvalue weighted by molar-refractivity contribution is -0.384. The van der Waals surface area contributed by atoms with E-state index in [2.05, 4.69) is 4.98 Å². The molecule has 0 spiro atoms.